The third-order valence-corrected chi connectivity index (χ3v) is 3.96. The van der Waals surface area contributed by atoms with Crippen molar-refractivity contribution in [2.75, 3.05) is 32.8 Å². The topological polar surface area (TPSA) is 21.7 Å². The lowest BCUT2D eigenvalue weighted by Gasteiger charge is -2.22. The van der Waals surface area contributed by atoms with Crippen molar-refractivity contribution in [1.82, 2.24) is 4.90 Å². The molecule has 1 saturated heterocycles. The molecule has 0 radical (unpaired) electrons. The molecule has 3 rings (SSSR count). The summed E-state index contributed by atoms with van der Waals surface area (Å²) >= 11 is 0. The van der Waals surface area contributed by atoms with Crippen LogP contribution in [0.4, 0.5) is 0 Å². The molecule has 0 bridgehead atoms. The van der Waals surface area contributed by atoms with Crippen LogP contribution in [-0.2, 0) is 6.42 Å². The van der Waals surface area contributed by atoms with Crippen LogP contribution in [0.3, 0.4) is 0 Å². The minimum absolute atomic E-state index is 0.664. The largest absolute Gasteiger partial charge is 0.486 e. The van der Waals surface area contributed by atoms with Crippen LogP contribution < -0.4 is 9.47 Å². The van der Waals surface area contributed by atoms with Crippen LogP contribution >= 0.6 is 0 Å². The minimum Gasteiger partial charge on any atom is -0.486 e. The average molecular weight is 261 g/mol. The molecule has 1 aromatic carbocycles. The summed E-state index contributed by atoms with van der Waals surface area (Å²) in [4.78, 5) is 2.59. The molecule has 0 amide bonds. The van der Waals surface area contributed by atoms with E-state index >= 15 is 0 Å². The molecular weight excluding hydrogens is 238 g/mol. The molecule has 2 aliphatic rings. The molecule has 0 aliphatic carbocycles. The first kappa shape index (κ1) is 12.8. The molecule has 19 heavy (non-hydrogen) atoms. The molecule has 0 N–H and O–H groups in total. The van der Waals surface area contributed by atoms with E-state index in [1.54, 1.807) is 0 Å². The number of likely N-dealkylation sites (tertiary alicyclic amines) is 1. The minimum atomic E-state index is 0.664. The van der Waals surface area contributed by atoms with E-state index in [1.165, 1.54) is 38.0 Å². The quantitative estimate of drug-likeness (QED) is 0.832. The van der Waals surface area contributed by atoms with Gasteiger partial charge in [-0.05, 0) is 56.0 Å². The Labute approximate surface area is 115 Å². The Hall–Kier alpha value is -1.22. The highest BCUT2D eigenvalue weighted by molar-refractivity contribution is 5.43. The second kappa shape index (κ2) is 5.83. The van der Waals surface area contributed by atoms with Crippen molar-refractivity contribution in [2.24, 2.45) is 5.92 Å². The van der Waals surface area contributed by atoms with Crippen molar-refractivity contribution in [3.05, 3.63) is 23.8 Å². The molecule has 104 valence electrons. The predicted molar refractivity (Wildman–Crippen MR) is 76.0 cm³/mol. The molecule has 1 aromatic rings. The van der Waals surface area contributed by atoms with E-state index in [9.17, 15) is 0 Å². The Morgan fingerprint density at radius 3 is 2.63 bits per heavy atom. The molecule has 0 saturated carbocycles. The van der Waals surface area contributed by atoms with Gasteiger partial charge in [0.25, 0.3) is 0 Å². The molecule has 3 nitrogen and oxygen atoms in total. The first-order valence-corrected chi connectivity index (χ1v) is 7.42. The maximum Gasteiger partial charge on any atom is 0.161 e. The molecule has 2 heterocycles. The highest BCUT2D eigenvalue weighted by Crippen LogP contribution is 2.31. The van der Waals surface area contributed by atoms with Gasteiger partial charge in [-0.2, -0.15) is 0 Å². The standard InChI is InChI=1S/C16H23NO2/c1-13(12-17-6-2-3-7-17)10-14-4-5-15-16(11-14)19-9-8-18-15/h4-5,11,13H,2-3,6-10,12H2,1H3/t13-/m0/s1. The zero-order valence-electron chi connectivity index (χ0n) is 11.7. The number of hydrogen-bond donors (Lipinski definition) is 0. The third-order valence-electron chi connectivity index (χ3n) is 3.96. The monoisotopic (exact) mass is 261 g/mol. The van der Waals surface area contributed by atoms with Crippen molar-refractivity contribution in [2.45, 2.75) is 26.2 Å². The fourth-order valence-corrected chi connectivity index (χ4v) is 3.09. The Balaban J connectivity index is 1.59. The number of rotatable bonds is 4. The van der Waals surface area contributed by atoms with Gasteiger partial charge >= 0.3 is 0 Å². The predicted octanol–water partition coefficient (Wildman–Crippen LogP) is 2.73. The van der Waals surface area contributed by atoms with E-state index in [4.69, 9.17) is 9.47 Å². The van der Waals surface area contributed by atoms with Crippen molar-refractivity contribution < 1.29 is 9.47 Å². The molecule has 2 aliphatic heterocycles. The summed E-state index contributed by atoms with van der Waals surface area (Å²) in [6.45, 7) is 7.46. The maximum absolute atomic E-state index is 5.64. The van der Waals surface area contributed by atoms with E-state index in [1.807, 2.05) is 6.07 Å². The summed E-state index contributed by atoms with van der Waals surface area (Å²) in [5, 5.41) is 0. The molecule has 0 aromatic heterocycles. The van der Waals surface area contributed by atoms with Crippen molar-refractivity contribution in [1.29, 1.82) is 0 Å². The van der Waals surface area contributed by atoms with E-state index in [-0.39, 0.29) is 0 Å². The lowest BCUT2D eigenvalue weighted by Crippen LogP contribution is -2.26. The van der Waals surface area contributed by atoms with Crippen LogP contribution in [0.15, 0.2) is 18.2 Å². The summed E-state index contributed by atoms with van der Waals surface area (Å²) in [7, 11) is 0. The SMILES string of the molecule is C[C@@H](Cc1ccc2c(c1)OCCO2)CN1CCCC1. The van der Waals surface area contributed by atoms with E-state index in [0.717, 1.165) is 17.9 Å². The Kier molecular flexibility index (Phi) is 3.92. The second-order valence-corrected chi connectivity index (χ2v) is 5.80. The van der Waals surface area contributed by atoms with Gasteiger partial charge < -0.3 is 14.4 Å². The lowest BCUT2D eigenvalue weighted by atomic mass is 10.00. The summed E-state index contributed by atoms with van der Waals surface area (Å²) in [6, 6.07) is 6.37. The Bertz CT molecular complexity index is 427. The summed E-state index contributed by atoms with van der Waals surface area (Å²) in [5.41, 5.74) is 1.36. The Morgan fingerprint density at radius 2 is 1.84 bits per heavy atom. The molecule has 0 unspecified atom stereocenters. The van der Waals surface area contributed by atoms with Crippen LogP contribution in [0.25, 0.3) is 0 Å². The van der Waals surface area contributed by atoms with Gasteiger partial charge in [0, 0.05) is 6.54 Å². The van der Waals surface area contributed by atoms with Crippen LogP contribution in [0, 0.1) is 5.92 Å². The fraction of sp³-hybridized carbons (Fsp3) is 0.625. The second-order valence-electron chi connectivity index (χ2n) is 5.80. The zero-order valence-corrected chi connectivity index (χ0v) is 11.7. The normalized spacial score (nSPS) is 20.5. The first-order chi connectivity index (χ1) is 9.31. The van der Waals surface area contributed by atoms with Crippen LogP contribution in [0.5, 0.6) is 11.5 Å². The number of ether oxygens (including phenoxy) is 2. The first-order valence-electron chi connectivity index (χ1n) is 7.42. The lowest BCUT2D eigenvalue weighted by molar-refractivity contribution is 0.171. The van der Waals surface area contributed by atoms with Gasteiger partial charge in [0.1, 0.15) is 13.2 Å². The summed E-state index contributed by atoms with van der Waals surface area (Å²) < 4.78 is 11.2. The Morgan fingerprint density at radius 1 is 1.11 bits per heavy atom. The van der Waals surface area contributed by atoms with Gasteiger partial charge in [0.15, 0.2) is 11.5 Å². The molecule has 0 spiro atoms. The van der Waals surface area contributed by atoms with Crippen LogP contribution in [-0.4, -0.2) is 37.7 Å². The number of nitrogens with zero attached hydrogens (tertiary/aromatic N) is 1. The summed E-state index contributed by atoms with van der Waals surface area (Å²) in [5.74, 6) is 2.50. The number of benzene rings is 1. The van der Waals surface area contributed by atoms with E-state index in [0.29, 0.717) is 19.1 Å². The van der Waals surface area contributed by atoms with Gasteiger partial charge in [-0.15, -0.1) is 0 Å². The highest BCUT2D eigenvalue weighted by Gasteiger charge is 2.16. The number of hydrogen-bond acceptors (Lipinski definition) is 3. The smallest absolute Gasteiger partial charge is 0.161 e. The fourth-order valence-electron chi connectivity index (χ4n) is 3.09. The zero-order chi connectivity index (χ0) is 13.1. The average Bonchev–Trinajstić information content (AvgIpc) is 2.91. The van der Waals surface area contributed by atoms with Crippen molar-refractivity contribution >= 4 is 0 Å². The molecular formula is C16H23NO2. The van der Waals surface area contributed by atoms with Crippen molar-refractivity contribution in [3.8, 4) is 11.5 Å². The van der Waals surface area contributed by atoms with Gasteiger partial charge in [0.05, 0.1) is 0 Å². The van der Waals surface area contributed by atoms with Crippen molar-refractivity contribution in [3.63, 3.8) is 0 Å². The van der Waals surface area contributed by atoms with Crippen LogP contribution in [0.2, 0.25) is 0 Å². The number of fused-ring (bicyclic) bond motifs is 1. The molecule has 1 fully saturated rings. The molecule has 1 atom stereocenters. The third kappa shape index (κ3) is 3.21. The molecule has 3 heteroatoms. The maximum atomic E-state index is 5.64. The highest BCUT2D eigenvalue weighted by atomic mass is 16.6. The van der Waals surface area contributed by atoms with Gasteiger partial charge in [-0.25, -0.2) is 0 Å². The van der Waals surface area contributed by atoms with Crippen LogP contribution in [0.1, 0.15) is 25.3 Å². The van der Waals surface area contributed by atoms with Gasteiger partial charge in [-0.3, -0.25) is 0 Å². The van der Waals surface area contributed by atoms with Gasteiger partial charge in [-0.1, -0.05) is 13.0 Å². The van der Waals surface area contributed by atoms with Gasteiger partial charge in [0.2, 0.25) is 0 Å². The van der Waals surface area contributed by atoms with E-state index in [2.05, 4.69) is 24.0 Å². The summed E-state index contributed by atoms with van der Waals surface area (Å²) in [6.07, 6.45) is 3.86. The van der Waals surface area contributed by atoms with E-state index < -0.39 is 0 Å².